The van der Waals surface area contributed by atoms with Gasteiger partial charge in [-0.15, -0.1) is 0 Å². The van der Waals surface area contributed by atoms with Gasteiger partial charge in [-0.1, -0.05) is 0 Å². The Bertz CT molecular complexity index is 241. The van der Waals surface area contributed by atoms with Gasteiger partial charge in [0, 0.05) is 5.25 Å². The van der Waals surface area contributed by atoms with E-state index in [4.69, 9.17) is 5.26 Å². The minimum atomic E-state index is -0.785. The zero-order valence-corrected chi connectivity index (χ0v) is 7.02. The molecular formula is C7H8N2OS. The van der Waals surface area contributed by atoms with Crippen LogP contribution in [0.2, 0.25) is 0 Å². The smallest absolute Gasteiger partial charge is 0.211 e. The summed E-state index contributed by atoms with van der Waals surface area (Å²) in [6.45, 7) is 1.92. The summed E-state index contributed by atoms with van der Waals surface area (Å²) in [5.41, 5.74) is -0.785. The van der Waals surface area contributed by atoms with Crippen LogP contribution in [0, 0.1) is 11.3 Å². The summed E-state index contributed by atoms with van der Waals surface area (Å²) in [6, 6.07) is 2.08. The Kier molecular flexibility index (Phi) is 2.33. The molecule has 0 aromatic heterocycles. The molecule has 0 radical (unpaired) electrons. The van der Waals surface area contributed by atoms with Gasteiger partial charge in [0.05, 0.1) is 6.07 Å². The quantitative estimate of drug-likeness (QED) is 0.435. The summed E-state index contributed by atoms with van der Waals surface area (Å²) in [5, 5.41) is 8.90. The van der Waals surface area contributed by atoms with Gasteiger partial charge >= 0.3 is 0 Å². The number of nitrogens with zero attached hydrogens (tertiary/aromatic N) is 2. The predicted octanol–water partition coefficient (Wildman–Crippen LogP) is 1.11. The van der Waals surface area contributed by atoms with Gasteiger partial charge < -0.3 is 0 Å². The van der Waals surface area contributed by atoms with E-state index in [0.29, 0.717) is 6.42 Å². The minimum Gasteiger partial charge on any atom is -0.211 e. The second-order valence-corrected chi connectivity index (χ2v) is 3.95. The summed E-state index contributed by atoms with van der Waals surface area (Å²) < 4.78 is 0. The summed E-state index contributed by atoms with van der Waals surface area (Å²) in [6.07, 6.45) is 2.14. The van der Waals surface area contributed by atoms with Gasteiger partial charge in [0.2, 0.25) is 6.08 Å². The molecule has 3 nitrogen and oxygen atoms in total. The maximum absolute atomic E-state index is 10.0. The second-order valence-electron chi connectivity index (χ2n) is 2.50. The molecule has 0 aromatic rings. The van der Waals surface area contributed by atoms with Crippen molar-refractivity contribution in [1.82, 2.24) is 0 Å². The first-order valence-electron chi connectivity index (χ1n) is 3.37. The maximum atomic E-state index is 10.0. The number of nitriles is 1. The van der Waals surface area contributed by atoms with E-state index in [-0.39, 0.29) is 5.25 Å². The Morgan fingerprint density at radius 1 is 1.82 bits per heavy atom. The molecule has 0 aromatic carbocycles. The average Bonchev–Trinajstić information content (AvgIpc) is 2.35. The lowest BCUT2D eigenvalue weighted by Crippen LogP contribution is -2.30. The van der Waals surface area contributed by atoms with E-state index in [0.717, 1.165) is 5.75 Å². The Labute approximate surface area is 69.5 Å². The highest BCUT2D eigenvalue weighted by molar-refractivity contribution is 8.00. The highest BCUT2D eigenvalue weighted by Gasteiger charge is 2.41. The number of isocyanates is 1. The topological polar surface area (TPSA) is 53.2 Å². The molecule has 0 aliphatic carbocycles. The number of rotatable bonds is 1. The van der Waals surface area contributed by atoms with E-state index < -0.39 is 5.54 Å². The number of hydrogen-bond acceptors (Lipinski definition) is 4. The molecule has 0 amide bonds. The van der Waals surface area contributed by atoms with Gasteiger partial charge in [0.15, 0.2) is 5.54 Å². The molecule has 0 spiro atoms. The molecule has 1 saturated heterocycles. The fraction of sp³-hybridized carbons (Fsp3) is 0.714. The van der Waals surface area contributed by atoms with Crippen LogP contribution in [0.4, 0.5) is 0 Å². The Hall–Kier alpha value is -0.780. The molecule has 1 aliphatic rings. The molecule has 1 aliphatic heterocycles. The fourth-order valence-electron chi connectivity index (χ4n) is 1.13. The van der Waals surface area contributed by atoms with Crippen molar-refractivity contribution in [3.63, 3.8) is 0 Å². The van der Waals surface area contributed by atoms with Crippen LogP contribution >= 0.6 is 11.8 Å². The average molecular weight is 168 g/mol. The number of hydrogen-bond donors (Lipinski definition) is 0. The molecule has 11 heavy (non-hydrogen) atoms. The van der Waals surface area contributed by atoms with Crippen LogP contribution in [-0.2, 0) is 4.79 Å². The van der Waals surface area contributed by atoms with E-state index in [2.05, 4.69) is 11.1 Å². The third-order valence-electron chi connectivity index (χ3n) is 1.96. The van der Waals surface area contributed by atoms with Crippen LogP contribution < -0.4 is 0 Å². The summed E-state index contributed by atoms with van der Waals surface area (Å²) in [7, 11) is 0. The molecule has 0 bridgehead atoms. The zero-order chi connectivity index (χ0) is 8.32. The van der Waals surface area contributed by atoms with E-state index >= 15 is 0 Å². The molecule has 58 valence electrons. The van der Waals surface area contributed by atoms with Gasteiger partial charge in [-0.3, -0.25) is 0 Å². The standard InChI is InChI=1S/C7H8N2OS/c1-6-7(4-8,9-5-10)2-3-11-6/h6H,2-3H2,1H3. The highest BCUT2D eigenvalue weighted by atomic mass is 32.2. The van der Waals surface area contributed by atoms with Crippen LogP contribution in [0.25, 0.3) is 0 Å². The lowest BCUT2D eigenvalue weighted by Gasteiger charge is -2.16. The second kappa shape index (κ2) is 3.08. The zero-order valence-electron chi connectivity index (χ0n) is 6.20. The SMILES string of the molecule is CC1SCCC1(C#N)N=C=O. The first-order valence-corrected chi connectivity index (χ1v) is 4.42. The van der Waals surface area contributed by atoms with E-state index in [1.54, 1.807) is 11.8 Å². The predicted molar refractivity (Wildman–Crippen MR) is 43.0 cm³/mol. The van der Waals surface area contributed by atoms with E-state index in [1.807, 2.05) is 6.92 Å². The largest absolute Gasteiger partial charge is 0.236 e. The summed E-state index contributed by atoms with van der Waals surface area (Å²) in [4.78, 5) is 13.6. The molecule has 1 heterocycles. The van der Waals surface area contributed by atoms with E-state index in [9.17, 15) is 4.79 Å². The lowest BCUT2D eigenvalue weighted by molar-refractivity contribution is 0.521. The van der Waals surface area contributed by atoms with Crippen molar-refractivity contribution < 1.29 is 4.79 Å². The van der Waals surface area contributed by atoms with Crippen molar-refractivity contribution in [1.29, 1.82) is 5.26 Å². The molecule has 1 rings (SSSR count). The first-order chi connectivity index (χ1) is 5.25. The molecule has 4 heteroatoms. The minimum absolute atomic E-state index is 0.119. The van der Waals surface area contributed by atoms with E-state index in [1.165, 1.54) is 6.08 Å². The van der Waals surface area contributed by atoms with Crippen LogP contribution in [0.3, 0.4) is 0 Å². The highest BCUT2D eigenvalue weighted by Crippen LogP contribution is 2.37. The van der Waals surface area contributed by atoms with Crippen LogP contribution in [0.5, 0.6) is 0 Å². The van der Waals surface area contributed by atoms with Crippen molar-refractivity contribution >= 4 is 17.8 Å². The Balaban J connectivity index is 2.92. The summed E-state index contributed by atoms with van der Waals surface area (Å²) >= 11 is 1.67. The third kappa shape index (κ3) is 1.30. The monoisotopic (exact) mass is 168 g/mol. The van der Waals surface area contributed by atoms with Crippen LogP contribution in [0.1, 0.15) is 13.3 Å². The van der Waals surface area contributed by atoms with Crippen LogP contribution in [0.15, 0.2) is 4.99 Å². The normalized spacial score (nSPS) is 35.8. The van der Waals surface area contributed by atoms with Crippen molar-refractivity contribution in [2.45, 2.75) is 24.1 Å². The number of aliphatic imine (C=N–C) groups is 1. The molecule has 1 fully saturated rings. The van der Waals surface area contributed by atoms with Crippen LogP contribution in [-0.4, -0.2) is 22.6 Å². The van der Waals surface area contributed by atoms with Gasteiger partial charge in [0.1, 0.15) is 0 Å². The molecular weight excluding hydrogens is 160 g/mol. The van der Waals surface area contributed by atoms with Gasteiger partial charge in [0.25, 0.3) is 0 Å². The molecule has 2 unspecified atom stereocenters. The van der Waals surface area contributed by atoms with Gasteiger partial charge in [-0.05, 0) is 19.1 Å². The van der Waals surface area contributed by atoms with Crippen molar-refractivity contribution in [3.8, 4) is 6.07 Å². The Morgan fingerprint density at radius 3 is 2.91 bits per heavy atom. The molecule has 2 atom stereocenters. The lowest BCUT2D eigenvalue weighted by atomic mass is 9.96. The van der Waals surface area contributed by atoms with Crippen molar-refractivity contribution in [2.75, 3.05) is 5.75 Å². The molecule has 0 saturated carbocycles. The number of carbonyl (C=O) groups excluding carboxylic acids is 1. The molecule has 0 N–H and O–H groups in total. The fourth-order valence-corrected chi connectivity index (χ4v) is 2.41. The maximum Gasteiger partial charge on any atom is 0.236 e. The first kappa shape index (κ1) is 8.32. The van der Waals surface area contributed by atoms with Gasteiger partial charge in [-0.25, -0.2) is 4.79 Å². The third-order valence-corrected chi connectivity index (χ3v) is 3.29. The summed E-state index contributed by atoms with van der Waals surface area (Å²) in [5.74, 6) is 0.903. The Morgan fingerprint density at radius 2 is 2.55 bits per heavy atom. The van der Waals surface area contributed by atoms with Gasteiger partial charge in [-0.2, -0.15) is 22.0 Å². The van der Waals surface area contributed by atoms with Crippen molar-refractivity contribution in [2.24, 2.45) is 4.99 Å². The van der Waals surface area contributed by atoms with Crippen molar-refractivity contribution in [3.05, 3.63) is 0 Å². The number of thioether (sulfide) groups is 1.